The molecule has 1 aromatic carbocycles. The average Bonchev–Trinajstić information content (AvgIpc) is 3.14. The number of nitrogens with zero attached hydrogens (tertiary/aromatic N) is 1. The minimum Gasteiger partial charge on any atom is -0.446 e. The number of urea groups is 1. The van der Waals surface area contributed by atoms with E-state index < -0.39 is 33.2 Å². The van der Waals surface area contributed by atoms with E-state index in [9.17, 15) is 26.4 Å². The third-order valence-corrected chi connectivity index (χ3v) is 8.05. The molecule has 2 N–H and O–H groups in total. The van der Waals surface area contributed by atoms with Crippen LogP contribution in [0.5, 0.6) is 0 Å². The minimum absolute atomic E-state index is 0.182. The second-order valence-electron chi connectivity index (χ2n) is 8.48. The fourth-order valence-corrected chi connectivity index (χ4v) is 5.87. The molecule has 180 valence electrons. The lowest BCUT2D eigenvalue weighted by Gasteiger charge is -2.31. The highest BCUT2D eigenvalue weighted by Gasteiger charge is 2.43. The van der Waals surface area contributed by atoms with E-state index >= 15 is 0 Å². The van der Waals surface area contributed by atoms with Gasteiger partial charge >= 0.3 is 12.2 Å². The number of furan rings is 1. The maximum atomic E-state index is 12.9. The summed E-state index contributed by atoms with van der Waals surface area (Å²) in [6, 6.07) is 6.42. The molecule has 0 bridgehead atoms. The van der Waals surface area contributed by atoms with Gasteiger partial charge in [0.05, 0.1) is 11.6 Å². The van der Waals surface area contributed by atoms with Crippen LogP contribution >= 0.6 is 0 Å². The zero-order chi connectivity index (χ0) is 23.8. The van der Waals surface area contributed by atoms with Crippen LogP contribution in [0.15, 0.2) is 33.8 Å². The quantitative estimate of drug-likeness (QED) is 0.632. The van der Waals surface area contributed by atoms with Crippen molar-refractivity contribution in [1.29, 1.82) is 0 Å². The Hall–Kier alpha value is -2.53. The molecule has 1 fully saturated rings. The van der Waals surface area contributed by atoms with Crippen molar-refractivity contribution in [2.24, 2.45) is 5.92 Å². The van der Waals surface area contributed by atoms with Gasteiger partial charge in [-0.3, -0.25) is 0 Å². The Labute approximate surface area is 190 Å². The molecule has 2 heterocycles. The zero-order valence-corrected chi connectivity index (χ0v) is 19.0. The Bertz CT molecular complexity index is 1140. The van der Waals surface area contributed by atoms with E-state index in [1.807, 2.05) is 18.2 Å². The predicted octanol–water partition coefficient (Wildman–Crippen LogP) is 5.07. The summed E-state index contributed by atoms with van der Waals surface area (Å²) in [5, 5.41) is 5.03. The van der Waals surface area contributed by atoms with Crippen molar-refractivity contribution in [3.63, 3.8) is 0 Å². The summed E-state index contributed by atoms with van der Waals surface area (Å²) in [5.41, 5.74) is 3.21. The molecule has 0 radical (unpaired) electrons. The Morgan fingerprint density at radius 2 is 1.76 bits per heavy atom. The van der Waals surface area contributed by atoms with Gasteiger partial charge in [-0.1, -0.05) is 12.1 Å². The highest BCUT2D eigenvalue weighted by Crippen LogP contribution is 2.36. The number of carbonyl (C=O) groups excluding carboxylic acids is 1. The van der Waals surface area contributed by atoms with Crippen molar-refractivity contribution in [3.05, 3.63) is 41.2 Å². The molecule has 0 saturated carbocycles. The van der Waals surface area contributed by atoms with Crippen LogP contribution in [0.4, 0.5) is 29.3 Å². The van der Waals surface area contributed by atoms with E-state index in [1.165, 1.54) is 18.6 Å². The SMILES string of the molecule is Cc1oc(S(=O)(=O)N2CCC(C(F)(F)F)CC2)cc1NC(=O)Nc1cccc2c1CCCC2. The number of rotatable bonds is 4. The molecular weight excluding hydrogens is 459 g/mol. The van der Waals surface area contributed by atoms with E-state index in [4.69, 9.17) is 4.42 Å². The first-order chi connectivity index (χ1) is 15.6. The Morgan fingerprint density at radius 1 is 1.09 bits per heavy atom. The number of amides is 2. The first kappa shape index (κ1) is 23.6. The van der Waals surface area contributed by atoms with Gasteiger partial charge in [-0.05, 0) is 62.6 Å². The van der Waals surface area contributed by atoms with Gasteiger partial charge in [0, 0.05) is 24.8 Å². The third kappa shape index (κ3) is 5.03. The number of alkyl halides is 3. The van der Waals surface area contributed by atoms with Gasteiger partial charge in [-0.2, -0.15) is 17.5 Å². The first-order valence-electron chi connectivity index (χ1n) is 10.9. The normalized spacial score (nSPS) is 18.1. The summed E-state index contributed by atoms with van der Waals surface area (Å²) in [6.07, 6.45) is -0.912. The van der Waals surface area contributed by atoms with E-state index in [0.29, 0.717) is 5.69 Å². The Kier molecular flexibility index (Phi) is 6.45. The number of halogens is 3. The number of hydrogen-bond acceptors (Lipinski definition) is 4. The van der Waals surface area contributed by atoms with Crippen molar-refractivity contribution in [2.45, 2.75) is 56.7 Å². The van der Waals surface area contributed by atoms with Gasteiger partial charge < -0.3 is 15.1 Å². The summed E-state index contributed by atoms with van der Waals surface area (Å²) < 4.78 is 70.8. The van der Waals surface area contributed by atoms with Crippen LogP contribution in [0.2, 0.25) is 0 Å². The molecule has 33 heavy (non-hydrogen) atoms. The standard InChI is InChI=1S/C22H26F3N3O4S/c1-14-19(27-21(29)26-18-8-4-6-15-5-2-3-7-17(15)18)13-20(32-14)33(30,31)28-11-9-16(10-12-28)22(23,24)25/h4,6,8,13,16H,2-3,5,7,9-12H2,1H3,(H2,26,27,29). The van der Waals surface area contributed by atoms with Crippen molar-refractivity contribution < 1.29 is 30.8 Å². The predicted molar refractivity (Wildman–Crippen MR) is 117 cm³/mol. The van der Waals surface area contributed by atoms with Crippen molar-refractivity contribution in [3.8, 4) is 0 Å². The van der Waals surface area contributed by atoms with Crippen LogP contribution in [0, 0.1) is 12.8 Å². The van der Waals surface area contributed by atoms with Crippen LogP contribution in [-0.4, -0.2) is 38.0 Å². The lowest BCUT2D eigenvalue weighted by atomic mass is 9.90. The summed E-state index contributed by atoms with van der Waals surface area (Å²) >= 11 is 0. The number of sulfonamides is 1. The minimum atomic E-state index is -4.33. The van der Waals surface area contributed by atoms with Crippen molar-refractivity contribution in [2.75, 3.05) is 23.7 Å². The molecule has 1 aliphatic heterocycles. The molecule has 0 spiro atoms. The molecule has 11 heteroatoms. The van der Waals surface area contributed by atoms with Crippen LogP contribution < -0.4 is 10.6 Å². The highest BCUT2D eigenvalue weighted by molar-refractivity contribution is 7.89. The third-order valence-electron chi connectivity index (χ3n) is 6.30. The number of nitrogens with one attached hydrogen (secondary N) is 2. The topological polar surface area (TPSA) is 91.7 Å². The van der Waals surface area contributed by atoms with E-state index in [1.54, 1.807) is 0 Å². The lowest BCUT2D eigenvalue weighted by molar-refractivity contribution is -0.182. The van der Waals surface area contributed by atoms with Crippen LogP contribution in [0.1, 0.15) is 42.6 Å². The molecule has 0 unspecified atom stereocenters. The molecular formula is C22H26F3N3O4S. The highest BCUT2D eigenvalue weighted by atomic mass is 32.2. The van der Waals surface area contributed by atoms with Crippen molar-refractivity contribution in [1.82, 2.24) is 4.31 Å². The number of piperidine rings is 1. The molecule has 4 rings (SSSR count). The second kappa shape index (κ2) is 9.02. The maximum absolute atomic E-state index is 12.9. The van der Waals surface area contributed by atoms with Gasteiger partial charge in [-0.25, -0.2) is 13.2 Å². The molecule has 7 nitrogen and oxygen atoms in total. The number of hydrogen-bond donors (Lipinski definition) is 2. The number of fused-ring (bicyclic) bond motifs is 1. The van der Waals surface area contributed by atoms with Crippen LogP contribution in [0.3, 0.4) is 0 Å². The largest absolute Gasteiger partial charge is 0.446 e. The fourth-order valence-electron chi connectivity index (χ4n) is 4.43. The van der Waals surface area contributed by atoms with E-state index in [0.717, 1.165) is 35.6 Å². The fraction of sp³-hybridized carbons (Fsp3) is 0.500. The van der Waals surface area contributed by atoms with E-state index in [-0.39, 0.29) is 37.4 Å². The number of benzene rings is 1. The number of carbonyl (C=O) groups is 1. The summed E-state index contributed by atoms with van der Waals surface area (Å²) in [6.45, 7) is 1.03. The monoisotopic (exact) mass is 485 g/mol. The molecule has 2 amide bonds. The molecule has 1 saturated heterocycles. The van der Waals surface area contributed by atoms with Crippen LogP contribution in [0.25, 0.3) is 0 Å². The summed E-state index contributed by atoms with van der Waals surface area (Å²) in [5.74, 6) is -1.32. The van der Waals surface area contributed by atoms with Gasteiger partial charge in [0.1, 0.15) is 5.76 Å². The number of aryl methyl sites for hydroxylation is 2. The van der Waals surface area contributed by atoms with Gasteiger partial charge in [0.15, 0.2) is 0 Å². The summed E-state index contributed by atoms with van der Waals surface area (Å²) in [4.78, 5) is 12.6. The number of anilines is 2. The molecule has 1 aromatic heterocycles. The van der Waals surface area contributed by atoms with Gasteiger partial charge in [0.2, 0.25) is 5.09 Å². The van der Waals surface area contributed by atoms with Crippen LogP contribution in [-0.2, 0) is 22.9 Å². The molecule has 1 aliphatic carbocycles. The second-order valence-corrected chi connectivity index (χ2v) is 10.4. The zero-order valence-electron chi connectivity index (χ0n) is 18.2. The maximum Gasteiger partial charge on any atom is 0.391 e. The van der Waals surface area contributed by atoms with Gasteiger partial charge in [-0.15, -0.1) is 0 Å². The van der Waals surface area contributed by atoms with Gasteiger partial charge in [0.25, 0.3) is 10.0 Å². The molecule has 2 aliphatic rings. The lowest BCUT2D eigenvalue weighted by Crippen LogP contribution is -2.41. The Balaban J connectivity index is 1.44. The first-order valence-corrected chi connectivity index (χ1v) is 12.4. The summed E-state index contributed by atoms with van der Waals surface area (Å²) in [7, 11) is -4.11. The Morgan fingerprint density at radius 3 is 2.45 bits per heavy atom. The molecule has 0 atom stereocenters. The van der Waals surface area contributed by atoms with E-state index in [2.05, 4.69) is 10.6 Å². The molecule has 2 aromatic rings. The smallest absolute Gasteiger partial charge is 0.391 e. The average molecular weight is 486 g/mol. The van der Waals surface area contributed by atoms with Crippen molar-refractivity contribution >= 4 is 27.4 Å².